The number of rotatable bonds is 7. The van der Waals surface area contributed by atoms with Crippen molar-refractivity contribution >= 4 is 46.0 Å². The lowest BCUT2D eigenvalue weighted by Crippen LogP contribution is -2.08. The van der Waals surface area contributed by atoms with Crippen LogP contribution in [0, 0.1) is 0 Å². The maximum Gasteiger partial charge on any atom is 0.224 e. The predicted octanol–water partition coefficient (Wildman–Crippen LogP) is 5.33. The smallest absolute Gasteiger partial charge is 0.224 e. The summed E-state index contributed by atoms with van der Waals surface area (Å²) in [6, 6.07) is 15.9. The Morgan fingerprint density at radius 2 is 1.93 bits per heavy atom. The third kappa shape index (κ3) is 5.42. The third-order valence-electron chi connectivity index (χ3n) is 3.78. The van der Waals surface area contributed by atoms with Crippen molar-refractivity contribution in [1.82, 2.24) is 4.98 Å². The van der Waals surface area contributed by atoms with Crippen molar-refractivity contribution in [3.8, 4) is 11.3 Å². The van der Waals surface area contributed by atoms with Crippen LogP contribution in [0.25, 0.3) is 11.3 Å². The van der Waals surface area contributed by atoms with E-state index in [9.17, 15) is 4.79 Å². The van der Waals surface area contributed by atoms with Gasteiger partial charge in [-0.2, -0.15) is 5.10 Å². The van der Waals surface area contributed by atoms with Crippen LogP contribution in [-0.4, -0.2) is 23.4 Å². The number of benzene rings is 2. The summed E-state index contributed by atoms with van der Waals surface area (Å²) in [6.45, 7) is 1.83. The lowest BCUT2D eigenvalue weighted by Gasteiger charge is -2.04. The fraction of sp³-hybridized carbons (Fsp3) is 0.150. The van der Waals surface area contributed by atoms with E-state index < -0.39 is 0 Å². The summed E-state index contributed by atoms with van der Waals surface area (Å²) in [5.41, 5.74) is 6.65. The zero-order valence-electron chi connectivity index (χ0n) is 15.1. The predicted molar refractivity (Wildman–Crippen MR) is 116 cm³/mol. The van der Waals surface area contributed by atoms with Crippen LogP contribution in [0.15, 0.2) is 63.9 Å². The number of hydrogen-bond acceptors (Lipinski definition) is 6. The van der Waals surface area contributed by atoms with Crippen molar-refractivity contribution in [3.63, 3.8) is 0 Å². The molecule has 0 fully saturated rings. The van der Waals surface area contributed by atoms with Crippen molar-refractivity contribution in [3.05, 3.63) is 59.5 Å². The number of carbonyl (C=O) groups excluding carboxylic acids is 1. The Balaban J connectivity index is 1.60. The van der Waals surface area contributed by atoms with Gasteiger partial charge >= 0.3 is 0 Å². The fourth-order valence-electron chi connectivity index (χ4n) is 2.28. The maximum atomic E-state index is 11.4. The van der Waals surface area contributed by atoms with Gasteiger partial charge in [-0.1, -0.05) is 31.2 Å². The number of anilines is 2. The summed E-state index contributed by atoms with van der Waals surface area (Å²) in [4.78, 5) is 17.2. The van der Waals surface area contributed by atoms with E-state index in [0.717, 1.165) is 27.6 Å². The van der Waals surface area contributed by atoms with Gasteiger partial charge in [-0.3, -0.25) is 10.2 Å². The molecule has 0 saturated carbocycles. The first-order valence-electron chi connectivity index (χ1n) is 8.47. The number of aromatic nitrogens is 1. The zero-order chi connectivity index (χ0) is 19.1. The average Bonchev–Trinajstić information content (AvgIpc) is 3.18. The van der Waals surface area contributed by atoms with Crippen LogP contribution >= 0.6 is 23.1 Å². The van der Waals surface area contributed by atoms with Crippen molar-refractivity contribution in [1.29, 1.82) is 0 Å². The molecule has 1 heterocycles. The Morgan fingerprint density at radius 3 is 2.59 bits per heavy atom. The number of thiazole rings is 1. The van der Waals surface area contributed by atoms with E-state index in [1.165, 1.54) is 16.2 Å². The van der Waals surface area contributed by atoms with Crippen LogP contribution in [0.5, 0.6) is 0 Å². The van der Waals surface area contributed by atoms with E-state index in [2.05, 4.69) is 39.2 Å². The number of nitrogens with one attached hydrogen (secondary N) is 2. The zero-order valence-corrected chi connectivity index (χ0v) is 16.7. The quantitative estimate of drug-likeness (QED) is 0.322. The molecule has 0 aliphatic rings. The topological polar surface area (TPSA) is 66.4 Å². The Morgan fingerprint density at radius 1 is 1.19 bits per heavy atom. The molecule has 5 nitrogen and oxygen atoms in total. The molecule has 1 amide bonds. The number of nitrogens with zero attached hydrogens (tertiary/aromatic N) is 2. The molecule has 27 heavy (non-hydrogen) atoms. The molecule has 0 unspecified atom stereocenters. The number of hydrazone groups is 1. The second kappa shape index (κ2) is 9.34. The Labute approximate surface area is 166 Å². The molecule has 1 aromatic heterocycles. The van der Waals surface area contributed by atoms with Crippen molar-refractivity contribution in [2.24, 2.45) is 5.10 Å². The van der Waals surface area contributed by atoms with Crippen LogP contribution in [-0.2, 0) is 4.79 Å². The second-order valence-electron chi connectivity index (χ2n) is 5.66. The molecule has 0 spiro atoms. The standard InChI is InChI=1S/C20H20N4OS2/c1-3-19(25)22-16-8-6-15(7-9-16)18-13-27-20(23-18)24-21-12-14-4-10-17(26-2)11-5-14/h4-13H,3H2,1-2H3,(H,22,25)(H,23,24)/b21-12-. The van der Waals surface area contributed by atoms with Crippen LogP contribution in [0.2, 0.25) is 0 Å². The first kappa shape index (κ1) is 19.1. The minimum absolute atomic E-state index is 0.00356. The van der Waals surface area contributed by atoms with E-state index in [-0.39, 0.29) is 5.91 Å². The normalized spacial score (nSPS) is 10.9. The molecule has 138 valence electrons. The molecule has 0 bridgehead atoms. The molecule has 0 saturated heterocycles. The SMILES string of the molecule is CCC(=O)Nc1ccc(-c2csc(N/N=C\c3ccc(SC)cc3)n2)cc1. The van der Waals surface area contributed by atoms with E-state index in [1.807, 2.05) is 48.7 Å². The van der Waals surface area contributed by atoms with Crippen molar-refractivity contribution < 1.29 is 4.79 Å². The first-order chi connectivity index (χ1) is 13.2. The van der Waals surface area contributed by atoms with Gasteiger partial charge in [0.1, 0.15) is 0 Å². The van der Waals surface area contributed by atoms with Gasteiger partial charge in [-0.15, -0.1) is 23.1 Å². The fourth-order valence-corrected chi connectivity index (χ4v) is 3.36. The third-order valence-corrected chi connectivity index (χ3v) is 5.27. The number of thioether (sulfide) groups is 1. The van der Waals surface area contributed by atoms with Crippen LogP contribution in [0.3, 0.4) is 0 Å². The molecule has 2 aromatic carbocycles. The molecule has 0 radical (unpaired) electrons. The summed E-state index contributed by atoms with van der Waals surface area (Å²) in [5.74, 6) is 0.00356. The molecular weight excluding hydrogens is 376 g/mol. The van der Waals surface area contributed by atoms with E-state index in [1.54, 1.807) is 18.0 Å². The molecule has 3 rings (SSSR count). The molecular formula is C20H20N4OS2. The van der Waals surface area contributed by atoms with Gasteiger partial charge in [0.25, 0.3) is 0 Å². The van der Waals surface area contributed by atoms with Gasteiger partial charge in [0.15, 0.2) is 0 Å². The van der Waals surface area contributed by atoms with Crippen LogP contribution in [0.4, 0.5) is 10.8 Å². The molecule has 0 atom stereocenters. The van der Waals surface area contributed by atoms with Gasteiger partial charge in [0.05, 0.1) is 11.9 Å². The highest BCUT2D eigenvalue weighted by Gasteiger charge is 2.05. The summed E-state index contributed by atoms with van der Waals surface area (Å²) in [6.07, 6.45) is 4.29. The van der Waals surface area contributed by atoms with Crippen molar-refractivity contribution in [2.45, 2.75) is 18.2 Å². The summed E-state index contributed by atoms with van der Waals surface area (Å²) >= 11 is 3.21. The van der Waals surface area contributed by atoms with Crippen LogP contribution < -0.4 is 10.7 Å². The number of amides is 1. The molecule has 0 aliphatic carbocycles. The Hall–Kier alpha value is -2.64. The summed E-state index contributed by atoms with van der Waals surface area (Å²) in [5, 5.41) is 9.79. The lowest BCUT2D eigenvalue weighted by molar-refractivity contribution is -0.115. The Bertz CT molecular complexity index is 918. The van der Waals surface area contributed by atoms with E-state index in [0.29, 0.717) is 6.42 Å². The first-order valence-corrected chi connectivity index (χ1v) is 10.6. The van der Waals surface area contributed by atoms with Gasteiger partial charge in [0, 0.05) is 27.9 Å². The van der Waals surface area contributed by atoms with Crippen molar-refractivity contribution in [2.75, 3.05) is 17.0 Å². The molecule has 2 N–H and O–H groups in total. The van der Waals surface area contributed by atoms with Gasteiger partial charge < -0.3 is 5.32 Å². The van der Waals surface area contributed by atoms with Crippen LogP contribution in [0.1, 0.15) is 18.9 Å². The minimum Gasteiger partial charge on any atom is -0.326 e. The highest BCUT2D eigenvalue weighted by atomic mass is 32.2. The van der Waals surface area contributed by atoms with Gasteiger partial charge in [0.2, 0.25) is 11.0 Å². The summed E-state index contributed by atoms with van der Waals surface area (Å²) < 4.78 is 0. The van der Waals surface area contributed by atoms with E-state index >= 15 is 0 Å². The average molecular weight is 397 g/mol. The maximum absolute atomic E-state index is 11.4. The second-order valence-corrected chi connectivity index (χ2v) is 7.40. The highest BCUT2D eigenvalue weighted by molar-refractivity contribution is 7.98. The van der Waals surface area contributed by atoms with E-state index in [4.69, 9.17) is 0 Å². The minimum atomic E-state index is 0.00356. The largest absolute Gasteiger partial charge is 0.326 e. The summed E-state index contributed by atoms with van der Waals surface area (Å²) in [7, 11) is 0. The monoisotopic (exact) mass is 396 g/mol. The Kier molecular flexibility index (Phi) is 6.62. The molecule has 7 heteroatoms. The van der Waals surface area contributed by atoms with Gasteiger partial charge in [-0.25, -0.2) is 4.98 Å². The molecule has 3 aromatic rings. The highest BCUT2D eigenvalue weighted by Crippen LogP contribution is 2.26. The molecule has 0 aliphatic heterocycles. The van der Waals surface area contributed by atoms with Gasteiger partial charge in [-0.05, 0) is 36.1 Å². The number of carbonyl (C=O) groups is 1. The number of hydrogen-bond donors (Lipinski definition) is 2. The lowest BCUT2D eigenvalue weighted by atomic mass is 10.1.